The van der Waals surface area contributed by atoms with E-state index in [4.69, 9.17) is 0 Å². The van der Waals surface area contributed by atoms with Crippen molar-refractivity contribution in [2.45, 2.75) is 49.7 Å². The predicted molar refractivity (Wildman–Crippen MR) is 133 cm³/mol. The lowest BCUT2D eigenvalue weighted by molar-refractivity contribution is -0.148. The van der Waals surface area contributed by atoms with Gasteiger partial charge >= 0.3 is 5.97 Å². The van der Waals surface area contributed by atoms with Crippen LogP contribution in [0.4, 0.5) is 11.5 Å². The van der Waals surface area contributed by atoms with Gasteiger partial charge < -0.3 is 10.4 Å². The van der Waals surface area contributed by atoms with Crippen LogP contribution in [0.5, 0.6) is 0 Å². The maximum absolute atomic E-state index is 11.4. The van der Waals surface area contributed by atoms with E-state index in [1.165, 1.54) is 10.5 Å². The van der Waals surface area contributed by atoms with E-state index in [1.54, 1.807) is 24.2 Å². The van der Waals surface area contributed by atoms with E-state index < -0.39 is 11.4 Å². The molecule has 0 spiro atoms. The van der Waals surface area contributed by atoms with Crippen LogP contribution in [0.1, 0.15) is 32.8 Å². The minimum Gasteiger partial charge on any atom is -0.481 e. The van der Waals surface area contributed by atoms with Gasteiger partial charge in [0, 0.05) is 56.1 Å². The number of nitrogens with one attached hydrogen (secondary N) is 1. The Kier molecular flexibility index (Phi) is 9.19. The van der Waals surface area contributed by atoms with Crippen molar-refractivity contribution in [1.82, 2.24) is 19.8 Å². The molecule has 10 heteroatoms. The van der Waals surface area contributed by atoms with Crippen LogP contribution < -0.4 is 5.32 Å². The number of hydrogen-bond acceptors (Lipinski definition) is 7. The van der Waals surface area contributed by atoms with Crippen molar-refractivity contribution in [2.75, 3.05) is 31.5 Å². The standard InChI is InChI=1S/C22H29N5O2S.2ClH/c1-15(13-22(2,3)21(28)29)27-10-8-26(9-11-27)14-16-4-5-18-17(12-16)25-19-20(30-18)24-7-6-23-19;;/h4-7,12,15H,8-11,13-14H2,1-3H3,(H,23,25)(H,28,29);2*1H. The van der Waals surface area contributed by atoms with Gasteiger partial charge in [-0.1, -0.05) is 17.8 Å². The van der Waals surface area contributed by atoms with Crippen molar-refractivity contribution >= 4 is 54.1 Å². The summed E-state index contributed by atoms with van der Waals surface area (Å²) in [6.45, 7) is 10.6. The molecule has 2 aromatic rings. The highest BCUT2D eigenvalue weighted by molar-refractivity contribution is 7.99. The monoisotopic (exact) mass is 499 g/mol. The molecular formula is C22H31Cl2N5O2S. The second-order valence-corrected chi connectivity index (χ2v) is 9.85. The number of carbonyl (C=O) groups is 1. The van der Waals surface area contributed by atoms with Gasteiger partial charge in [-0.15, -0.1) is 24.8 Å². The topological polar surface area (TPSA) is 81.6 Å². The van der Waals surface area contributed by atoms with Gasteiger partial charge in [0.1, 0.15) is 5.03 Å². The van der Waals surface area contributed by atoms with Gasteiger partial charge in [0.25, 0.3) is 0 Å². The molecule has 176 valence electrons. The van der Waals surface area contributed by atoms with E-state index in [-0.39, 0.29) is 30.9 Å². The van der Waals surface area contributed by atoms with Crippen LogP contribution in [0.25, 0.3) is 0 Å². The van der Waals surface area contributed by atoms with Crippen LogP contribution in [0.3, 0.4) is 0 Å². The van der Waals surface area contributed by atoms with Gasteiger partial charge in [-0.2, -0.15) is 0 Å². The minimum atomic E-state index is -0.722. The summed E-state index contributed by atoms with van der Waals surface area (Å²) in [4.78, 5) is 26.2. The van der Waals surface area contributed by atoms with Crippen molar-refractivity contribution < 1.29 is 9.90 Å². The zero-order valence-corrected chi connectivity index (χ0v) is 21.0. The van der Waals surface area contributed by atoms with Gasteiger partial charge in [0.15, 0.2) is 5.82 Å². The Morgan fingerprint density at radius 2 is 1.88 bits per heavy atom. The summed E-state index contributed by atoms with van der Waals surface area (Å²) in [5.74, 6) is 0.0970. The predicted octanol–water partition coefficient (Wildman–Crippen LogP) is 4.54. The zero-order valence-electron chi connectivity index (χ0n) is 18.6. The zero-order chi connectivity index (χ0) is 21.3. The summed E-state index contributed by atoms with van der Waals surface area (Å²) in [5.41, 5.74) is 1.68. The summed E-state index contributed by atoms with van der Waals surface area (Å²) in [7, 11) is 0. The molecule has 0 bridgehead atoms. The number of piperazine rings is 1. The highest BCUT2D eigenvalue weighted by Gasteiger charge is 2.32. The van der Waals surface area contributed by atoms with Gasteiger partial charge in [-0.3, -0.25) is 14.6 Å². The maximum Gasteiger partial charge on any atom is 0.309 e. The molecule has 4 rings (SSSR count). The number of hydrogen-bond donors (Lipinski definition) is 2. The Morgan fingerprint density at radius 1 is 1.19 bits per heavy atom. The third-order valence-electron chi connectivity index (χ3n) is 5.99. The second kappa shape index (κ2) is 11.0. The first-order valence-electron chi connectivity index (χ1n) is 10.4. The van der Waals surface area contributed by atoms with E-state index in [1.807, 2.05) is 13.8 Å². The Hall–Kier alpha value is -1.58. The molecule has 2 N–H and O–H groups in total. The Morgan fingerprint density at radius 3 is 2.56 bits per heavy atom. The van der Waals surface area contributed by atoms with Gasteiger partial charge in [0.05, 0.1) is 11.1 Å². The maximum atomic E-state index is 11.4. The molecule has 32 heavy (non-hydrogen) atoms. The summed E-state index contributed by atoms with van der Waals surface area (Å²) in [5, 5.41) is 13.7. The molecule has 1 atom stereocenters. The van der Waals surface area contributed by atoms with E-state index in [0.29, 0.717) is 6.42 Å². The Balaban J connectivity index is 0.00000181. The van der Waals surface area contributed by atoms with E-state index in [0.717, 1.165) is 49.3 Å². The molecule has 7 nitrogen and oxygen atoms in total. The number of benzene rings is 1. The van der Waals surface area contributed by atoms with Gasteiger partial charge in [-0.25, -0.2) is 9.97 Å². The van der Waals surface area contributed by atoms with Crippen molar-refractivity contribution in [3.05, 3.63) is 36.2 Å². The number of halogens is 2. The van der Waals surface area contributed by atoms with Crippen LogP contribution in [0.15, 0.2) is 40.5 Å². The van der Waals surface area contributed by atoms with E-state index >= 15 is 0 Å². The third-order valence-corrected chi connectivity index (χ3v) is 7.06. The number of rotatable bonds is 6. The molecule has 0 amide bonds. The molecule has 1 saturated heterocycles. The van der Waals surface area contributed by atoms with E-state index in [9.17, 15) is 9.90 Å². The first-order valence-corrected chi connectivity index (χ1v) is 11.2. The molecule has 0 radical (unpaired) electrons. The lowest BCUT2D eigenvalue weighted by Gasteiger charge is -2.39. The molecule has 2 aliphatic rings. The lowest BCUT2D eigenvalue weighted by atomic mass is 9.85. The number of carboxylic acid groups (broad SMARTS) is 1. The fourth-order valence-electron chi connectivity index (χ4n) is 4.15. The Labute approximate surface area is 206 Å². The summed E-state index contributed by atoms with van der Waals surface area (Å²) >= 11 is 1.65. The first-order chi connectivity index (χ1) is 14.3. The third kappa shape index (κ3) is 6.05. The average Bonchev–Trinajstić information content (AvgIpc) is 2.72. The SMILES string of the molecule is CC(CC(C)(C)C(=O)O)N1CCN(Cc2ccc3c(c2)Nc2nccnc2S3)CC1.Cl.Cl. The molecule has 1 aromatic heterocycles. The smallest absolute Gasteiger partial charge is 0.309 e. The minimum absolute atomic E-state index is 0. The largest absolute Gasteiger partial charge is 0.481 e. The number of nitrogens with zero attached hydrogens (tertiary/aromatic N) is 4. The molecule has 2 aliphatic heterocycles. The van der Waals surface area contributed by atoms with Crippen LogP contribution in [0, 0.1) is 5.41 Å². The molecule has 1 aromatic carbocycles. The molecule has 1 unspecified atom stereocenters. The van der Waals surface area contributed by atoms with Crippen molar-refractivity contribution in [3.8, 4) is 0 Å². The molecule has 3 heterocycles. The summed E-state index contributed by atoms with van der Waals surface area (Å²) in [6, 6.07) is 6.83. The van der Waals surface area contributed by atoms with Crippen molar-refractivity contribution in [3.63, 3.8) is 0 Å². The molecular weight excluding hydrogens is 469 g/mol. The molecule has 1 fully saturated rings. The van der Waals surface area contributed by atoms with Crippen molar-refractivity contribution in [2.24, 2.45) is 5.41 Å². The number of anilines is 2. The fourth-order valence-corrected chi connectivity index (χ4v) is 5.03. The van der Waals surface area contributed by atoms with Gasteiger partial charge in [-0.05, 0) is 44.9 Å². The number of aromatic nitrogens is 2. The van der Waals surface area contributed by atoms with Crippen LogP contribution in [-0.2, 0) is 11.3 Å². The van der Waals surface area contributed by atoms with Crippen LogP contribution in [0.2, 0.25) is 0 Å². The second-order valence-electron chi connectivity index (χ2n) is 8.82. The molecule has 0 saturated carbocycles. The average molecular weight is 500 g/mol. The Bertz CT molecular complexity index is 938. The van der Waals surface area contributed by atoms with Crippen LogP contribution >= 0.6 is 36.6 Å². The lowest BCUT2D eigenvalue weighted by Crippen LogP contribution is -2.50. The molecule has 0 aliphatic carbocycles. The quantitative estimate of drug-likeness (QED) is 0.511. The normalized spacial score (nSPS) is 17.1. The fraction of sp³-hybridized carbons (Fsp3) is 0.500. The summed E-state index contributed by atoms with van der Waals surface area (Å²) < 4.78 is 0. The van der Waals surface area contributed by atoms with Crippen molar-refractivity contribution in [1.29, 1.82) is 0 Å². The first kappa shape index (κ1) is 26.7. The highest BCUT2D eigenvalue weighted by Crippen LogP contribution is 2.42. The van der Waals surface area contributed by atoms with E-state index in [2.05, 4.69) is 50.2 Å². The number of carboxylic acids is 1. The summed E-state index contributed by atoms with van der Waals surface area (Å²) in [6.07, 6.45) is 4.09. The van der Waals surface area contributed by atoms with Crippen LogP contribution in [-0.4, -0.2) is 63.1 Å². The number of aliphatic carboxylic acids is 1. The van der Waals surface area contributed by atoms with Gasteiger partial charge in [0.2, 0.25) is 0 Å². The number of fused-ring (bicyclic) bond motifs is 2. The highest BCUT2D eigenvalue weighted by atomic mass is 35.5.